The third kappa shape index (κ3) is 7.32. The fourth-order valence-electron chi connectivity index (χ4n) is 1.32. The minimum atomic E-state index is -0.685. The van der Waals surface area contributed by atoms with E-state index in [9.17, 15) is 0 Å². The Hall–Kier alpha value is -0.630. The van der Waals surface area contributed by atoms with Gasteiger partial charge < -0.3 is 15.2 Å². The van der Waals surface area contributed by atoms with Crippen LogP contribution in [0, 0.1) is 11.3 Å². The van der Waals surface area contributed by atoms with Crippen molar-refractivity contribution in [3.8, 4) is 6.07 Å². The Balaban J connectivity index is 3.58. The molecule has 1 unspecified atom stereocenters. The molecular weight excluding hydrogens is 216 g/mol. The molecule has 0 aromatic heterocycles. The zero-order valence-electron chi connectivity index (χ0n) is 11.6. The van der Waals surface area contributed by atoms with E-state index in [1.54, 1.807) is 7.11 Å². The van der Waals surface area contributed by atoms with Gasteiger partial charge in [0.05, 0.1) is 11.7 Å². The quantitative estimate of drug-likeness (QED) is 0.629. The summed E-state index contributed by atoms with van der Waals surface area (Å²) in [6, 6.07) is 2.15. The zero-order chi connectivity index (χ0) is 13.4. The van der Waals surface area contributed by atoms with Crippen LogP contribution in [0.3, 0.4) is 0 Å². The second-order valence-electron chi connectivity index (χ2n) is 5.05. The maximum Gasteiger partial charge on any atom is 0.104 e. The van der Waals surface area contributed by atoms with E-state index in [4.69, 9.17) is 20.5 Å². The first-order valence-corrected chi connectivity index (χ1v) is 6.22. The van der Waals surface area contributed by atoms with Gasteiger partial charge in [0.1, 0.15) is 5.54 Å². The number of rotatable bonds is 9. The van der Waals surface area contributed by atoms with Gasteiger partial charge >= 0.3 is 0 Å². The van der Waals surface area contributed by atoms with Gasteiger partial charge in [-0.15, -0.1) is 0 Å². The molecule has 1 atom stereocenters. The highest BCUT2D eigenvalue weighted by atomic mass is 16.5. The highest BCUT2D eigenvalue weighted by Gasteiger charge is 2.21. The summed E-state index contributed by atoms with van der Waals surface area (Å²) in [7, 11) is 1.71. The monoisotopic (exact) mass is 242 g/mol. The van der Waals surface area contributed by atoms with Crippen LogP contribution in [0.5, 0.6) is 0 Å². The van der Waals surface area contributed by atoms with Crippen LogP contribution in [0.25, 0.3) is 0 Å². The fourth-order valence-corrected chi connectivity index (χ4v) is 1.32. The first-order valence-electron chi connectivity index (χ1n) is 6.22. The van der Waals surface area contributed by atoms with Gasteiger partial charge in [0.25, 0.3) is 0 Å². The number of methoxy groups -OCH3 is 1. The number of hydrogen-bond donors (Lipinski definition) is 1. The number of nitriles is 1. The van der Waals surface area contributed by atoms with Crippen LogP contribution in [-0.2, 0) is 9.47 Å². The lowest BCUT2D eigenvalue weighted by Gasteiger charge is -2.23. The van der Waals surface area contributed by atoms with E-state index in [-0.39, 0.29) is 5.60 Å². The van der Waals surface area contributed by atoms with Gasteiger partial charge in [-0.3, -0.25) is 0 Å². The second-order valence-corrected chi connectivity index (χ2v) is 5.05. The molecule has 0 amide bonds. The molecule has 0 spiro atoms. The molecule has 0 aromatic carbocycles. The topological polar surface area (TPSA) is 68.3 Å². The first kappa shape index (κ1) is 16.4. The molecule has 4 heteroatoms. The van der Waals surface area contributed by atoms with Crippen LogP contribution >= 0.6 is 0 Å². The summed E-state index contributed by atoms with van der Waals surface area (Å²) in [6.45, 7) is 7.34. The summed E-state index contributed by atoms with van der Waals surface area (Å²) < 4.78 is 10.8. The Morgan fingerprint density at radius 1 is 1.24 bits per heavy atom. The zero-order valence-corrected chi connectivity index (χ0v) is 11.6. The van der Waals surface area contributed by atoms with Crippen molar-refractivity contribution in [2.75, 3.05) is 20.3 Å². The van der Waals surface area contributed by atoms with Gasteiger partial charge in [0.2, 0.25) is 0 Å². The summed E-state index contributed by atoms with van der Waals surface area (Å²) in [6.07, 6.45) is 3.06. The van der Waals surface area contributed by atoms with Crippen LogP contribution in [0.15, 0.2) is 0 Å². The van der Waals surface area contributed by atoms with E-state index in [0.29, 0.717) is 26.1 Å². The van der Waals surface area contributed by atoms with Crippen molar-refractivity contribution < 1.29 is 9.47 Å². The second kappa shape index (κ2) is 7.65. The third-order valence-corrected chi connectivity index (χ3v) is 3.17. The fraction of sp³-hybridized carbons (Fsp3) is 0.923. The third-order valence-electron chi connectivity index (χ3n) is 3.17. The minimum Gasteiger partial charge on any atom is -0.381 e. The summed E-state index contributed by atoms with van der Waals surface area (Å²) >= 11 is 0. The van der Waals surface area contributed by atoms with Gasteiger partial charge in [-0.2, -0.15) is 5.26 Å². The molecular formula is C13H26N2O2. The molecule has 0 saturated carbocycles. The number of nitrogens with zero attached hydrogens (tertiary/aromatic N) is 1. The number of nitrogens with two attached hydrogens (primary N) is 1. The summed E-state index contributed by atoms with van der Waals surface area (Å²) in [4.78, 5) is 0. The van der Waals surface area contributed by atoms with Crippen molar-refractivity contribution in [2.24, 2.45) is 5.73 Å². The van der Waals surface area contributed by atoms with Crippen LogP contribution in [0.1, 0.15) is 46.5 Å². The van der Waals surface area contributed by atoms with Gasteiger partial charge in [-0.25, -0.2) is 0 Å². The van der Waals surface area contributed by atoms with Gasteiger partial charge in [0.15, 0.2) is 0 Å². The van der Waals surface area contributed by atoms with Gasteiger partial charge in [0, 0.05) is 20.3 Å². The molecule has 0 aliphatic heterocycles. The molecule has 17 heavy (non-hydrogen) atoms. The largest absolute Gasteiger partial charge is 0.381 e. The Bertz CT molecular complexity index is 248. The van der Waals surface area contributed by atoms with Crippen molar-refractivity contribution in [3.05, 3.63) is 0 Å². The molecule has 0 aromatic rings. The van der Waals surface area contributed by atoms with E-state index in [1.807, 2.05) is 20.8 Å². The predicted octanol–water partition coefficient (Wildman–Crippen LogP) is 2.23. The standard InChI is InChI=1S/C13H26N2O2/c1-5-13(15,11-14)7-6-9-17-10-8-12(2,3)16-4/h5-10,15H2,1-4H3. The maximum atomic E-state index is 8.89. The van der Waals surface area contributed by atoms with Gasteiger partial charge in [-0.1, -0.05) is 6.92 Å². The molecule has 0 rings (SSSR count). The lowest BCUT2D eigenvalue weighted by molar-refractivity contribution is -0.0104. The van der Waals surface area contributed by atoms with Crippen molar-refractivity contribution >= 4 is 0 Å². The summed E-state index contributed by atoms with van der Waals surface area (Å²) in [5.41, 5.74) is 5.05. The number of ether oxygens (including phenoxy) is 2. The maximum absolute atomic E-state index is 8.89. The molecule has 0 fully saturated rings. The normalized spacial score (nSPS) is 15.3. The molecule has 4 nitrogen and oxygen atoms in total. The van der Waals surface area contributed by atoms with E-state index >= 15 is 0 Å². The van der Waals surface area contributed by atoms with E-state index in [1.165, 1.54) is 0 Å². The highest BCUT2D eigenvalue weighted by molar-refractivity contribution is 5.03. The first-order chi connectivity index (χ1) is 7.89. The van der Waals surface area contributed by atoms with E-state index < -0.39 is 5.54 Å². The average Bonchev–Trinajstić information content (AvgIpc) is 2.33. The summed E-state index contributed by atoms with van der Waals surface area (Å²) in [5, 5.41) is 8.89. The minimum absolute atomic E-state index is 0.131. The molecule has 0 aliphatic rings. The van der Waals surface area contributed by atoms with Crippen LogP contribution in [0.2, 0.25) is 0 Å². The van der Waals surface area contributed by atoms with E-state index in [0.717, 1.165) is 12.8 Å². The van der Waals surface area contributed by atoms with Crippen molar-refractivity contribution in [2.45, 2.75) is 57.6 Å². The summed E-state index contributed by atoms with van der Waals surface area (Å²) in [5.74, 6) is 0. The van der Waals surface area contributed by atoms with Crippen LogP contribution in [0.4, 0.5) is 0 Å². The molecule has 0 saturated heterocycles. The van der Waals surface area contributed by atoms with Gasteiger partial charge in [-0.05, 0) is 39.5 Å². The van der Waals surface area contributed by atoms with E-state index in [2.05, 4.69) is 6.07 Å². The van der Waals surface area contributed by atoms with Crippen LogP contribution < -0.4 is 5.73 Å². The average molecular weight is 242 g/mol. The molecule has 0 heterocycles. The molecule has 0 radical (unpaired) electrons. The molecule has 100 valence electrons. The lowest BCUT2D eigenvalue weighted by Crippen LogP contribution is -2.37. The lowest BCUT2D eigenvalue weighted by atomic mass is 9.94. The Labute approximate surface area is 105 Å². The SMILES string of the molecule is CCC(N)(C#N)CCCOCCC(C)(C)OC. The van der Waals surface area contributed by atoms with Crippen molar-refractivity contribution in [3.63, 3.8) is 0 Å². The van der Waals surface area contributed by atoms with Crippen molar-refractivity contribution in [1.82, 2.24) is 0 Å². The molecule has 0 aliphatic carbocycles. The van der Waals surface area contributed by atoms with Crippen LogP contribution in [-0.4, -0.2) is 31.5 Å². The Morgan fingerprint density at radius 3 is 2.35 bits per heavy atom. The molecule has 2 N–H and O–H groups in total. The van der Waals surface area contributed by atoms with Crippen molar-refractivity contribution in [1.29, 1.82) is 5.26 Å². The molecule has 0 bridgehead atoms. The smallest absolute Gasteiger partial charge is 0.104 e. The highest BCUT2D eigenvalue weighted by Crippen LogP contribution is 2.14. The predicted molar refractivity (Wildman–Crippen MR) is 68.6 cm³/mol. The number of hydrogen-bond acceptors (Lipinski definition) is 4. The Morgan fingerprint density at radius 2 is 1.88 bits per heavy atom. The Kier molecular flexibility index (Phi) is 7.37.